The van der Waals surface area contributed by atoms with Crippen molar-refractivity contribution in [3.05, 3.63) is 0 Å². The maximum Gasteiger partial charge on any atom is 0.0466 e. The van der Waals surface area contributed by atoms with Gasteiger partial charge in [0.15, 0.2) is 0 Å². The number of nitrogens with one attached hydrogen (secondary N) is 1. The van der Waals surface area contributed by atoms with Crippen molar-refractivity contribution in [1.82, 2.24) is 5.32 Å². The molecule has 0 aliphatic heterocycles. The van der Waals surface area contributed by atoms with E-state index in [0.717, 1.165) is 31.0 Å². The van der Waals surface area contributed by atoms with Crippen molar-refractivity contribution < 1.29 is 4.74 Å². The Kier molecular flexibility index (Phi) is 7.14. The monoisotopic (exact) mass is 241 g/mol. The van der Waals surface area contributed by atoms with Gasteiger partial charge < -0.3 is 10.1 Å². The summed E-state index contributed by atoms with van der Waals surface area (Å²) in [7, 11) is 2.12. The molecule has 0 amide bonds. The van der Waals surface area contributed by atoms with E-state index in [2.05, 4.69) is 33.1 Å². The molecule has 1 rings (SSSR count). The second-order valence-electron chi connectivity index (χ2n) is 5.76. The lowest BCUT2D eigenvalue weighted by Gasteiger charge is -2.36. The van der Waals surface area contributed by atoms with Crippen LogP contribution in [0.3, 0.4) is 0 Å². The molecular weight excluding hydrogens is 210 g/mol. The molecule has 17 heavy (non-hydrogen) atoms. The van der Waals surface area contributed by atoms with Crippen molar-refractivity contribution in [2.75, 3.05) is 20.3 Å². The summed E-state index contributed by atoms with van der Waals surface area (Å²) in [6.45, 7) is 8.67. The third-order valence-electron chi connectivity index (χ3n) is 4.59. The molecule has 0 aromatic heterocycles. The molecule has 0 aromatic rings. The smallest absolute Gasteiger partial charge is 0.0466 e. The van der Waals surface area contributed by atoms with E-state index in [-0.39, 0.29) is 0 Å². The molecule has 1 N–H and O–H groups in total. The molecule has 0 heterocycles. The van der Waals surface area contributed by atoms with E-state index >= 15 is 0 Å². The highest BCUT2D eigenvalue weighted by Gasteiger charge is 2.28. The average Bonchev–Trinajstić information content (AvgIpc) is 2.33. The first-order chi connectivity index (χ1) is 8.19. The van der Waals surface area contributed by atoms with Gasteiger partial charge in [0.05, 0.1) is 0 Å². The lowest BCUT2D eigenvalue weighted by atomic mass is 9.72. The lowest BCUT2D eigenvalue weighted by Crippen LogP contribution is -2.37. The predicted molar refractivity (Wildman–Crippen MR) is 74.2 cm³/mol. The molecule has 0 radical (unpaired) electrons. The summed E-state index contributed by atoms with van der Waals surface area (Å²) in [5.41, 5.74) is 0. The van der Waals surface area contributed by atoms with E-state index in [0.29, 0.717) is 6.04 Å². The van der Waals surface area contributed by atoms with Gasteiger partial charge >= 0.3 is 0 Å². The van der Waals surface area contributed by atoms with Crippen molar-refractivity contribution in [2.24, 2.45) is 17.8 Å². The number of hydrogen-bond acceptors (Lipinski definition) is 2. The first-order valence-corrected chi connectivity index (χ1v) is 7.44. The van der Waals surface area contributed by atoms with Crippen molar-refractivity contribution in [1.29, 1.82) is 0 Å². The normalized spacial score (nSPS) is 31.4. The Morgan fingerprint density at radius 1 is 1.24 bits per heavy atom. The highest BCUT2D eigenvalue weighted by molar-refractivity contribution is 4.83. The van der Waals surface area contributed by atoms with E-state index in [1.54, 1.807) is 0 Å². The van der Waals surface area contributed by atoms with E-state index in [4.69, 9.17) is 4.74 Å². The SMILES string of the molecule is CCOCCCC(NC)C1CCC(C)C(C)C1. The topological polar surface area (TPSA) is 21.3 Å². The molecule has 0 spiro atoms. The van der Waals surface area contributed by atoms with Gasteiger partial charge in [-0.1, -0.05) is 20.3 Å². The van der Waals surface area contributed by atoms with Crippen molar-refractivity contribution in [3.8, 4) is 0 Å². The second kappa shape index (κ2) is 8.10. The third kappa shape index (κ3) is 4.97. The van der Waals surface area contributed by atoms with Gasteiger partial charge in [-0.3, -0.25) is 0 Å². The standard InChI is InChI=1S/C15H31NO/c1-5-17-10-6-7-15(16-4)14-9-8-12(2)13(3)11-14/h12-16H,5-11H2,1-4H3. The summed E-state index contributed by atoms with van der Waals surface area (Å²) in [5.74, 6) is 2.71. The zero-order valence-corrected chi connectivity index (χ0v) is 12.2. The summed E-state index contributed by atoms with van der Waals surface area (Å²) in [4.78, 5) is 0. The second-order valence-corrected chi connectivity index (χ2v) is 5.76. The van der Waals surface area contributed by atoms with E-state index in [1.165, 1.54) is 32.1 Å². The molecule has 2 nitrogen and oxygen atoms in total. The quantitative estimate of drug-likeness (QED) is 0.689. The Hall–Kier alpha value is -0.0800. The molecule has 4 unspecified atom stereocenters. The third-order valence-corrected chi connectivity index (χ3v) is 4.59. The van der Waals surface area contributed by atoms with Crippen LogP contribution in [0.2, 0.25) is 0 Å². The van der Waals surface area contributed by atoms with Crippen molar-refractivity contribution in [3.63, 3.8) is 0 Å². The lowest BCUT2D eigenvalue weighted by molar-refractivity contribution is 0.128. The summed E-state index contributed by atoms with van der Waals surface area (Å²) in [6.07, 6.45) is 6.68. The molecule has 102 valence electrons. The van der Waals surface area contributed by atoms with Gasteiger partial charge in [0.2, 0.25) is 0 Å². The highest BCUT2D eigenvalue weighted by Crippen LogP contribution is 2.35. The minimum Gasteiger partial charge on any atom is -0.382 e. The Morgan fingerprint density at radius 2 is 2.00 bits per heavy atom. The Balaban J connectivity index is 2.29. The van der Waals surface area contributed by atoms with Gasteiger partial charge in [-0.2, -0.15) is 0 Å². The Bertz CT molecular complexity index is 195. The fourth-order valence-electron chi connectivity index (χ4n) is 3.12. The molecule has 1 aliphatic rings. The van der Waals surface area contributed by atoms with Gasteiger partial charge in [-0.25, -0.2) is 0 Å². The van der Waals surface area contributed by atoms with Crippen LogP contribution < -0.4 is 5.32 Å². The zero-order valence-electron chi connectivity index (χ0n) is 12.2. The van der Waals surface area contributed by atoms with Gasteiger partial charge in [0.25, 0.3) is 0 Å². The number of rotatable bonds is 7. The van der Waals surface area contributed by atoms with Crippen LogP contribution in [-0.4, -0.2) is 26.3 Å². The van der Waals surface area contributed by atoms with Crippen LogP contribution in [0, 0.1) is 17.8 Å². The van der Waals surface area contributed by atoms with E-state index in [9.17, 15) is 0 Å². The average molecular weight is 241 g/mol. The Labute approximate surface area is 108 Å². The van der Waals surface area contributed by atoms with Gasteiger partial charge in [0, 0.05) is 19.3 Å². The van der Waals surface area contributed by atoms with Gasteiger partial charge in [0.1, 0.15) is 0 Å². The van der Waals surface area contributed by atoms with Crippen molar-refractivity contribution >= 4 is 0 Å². The van der Waals surface area contributed by atoms with Crippen LogP contribution in [0.15, 0.2) is 0 Å². The molecular formula is C15H31NO. The minimum atomic E-state index is 0.699. The Morgan fingerprint density at radius 3 is 2.59 bits per heavy atom. The van der Waals surface area contributed by atoms with Crippen LogP contribution in [-0.2, 0) is 4.74 Å². The van der Waals surface area contributed by atoms with Crippen LogP contribution in [0.1, 0.15) is 52.9 Å². The fourth-order valence-corrected chi connectivity index (χ4v) is 3.12. The summed E-state index contributed by atoms with van der Waals surface area (Å²) < 4.78 is 5.43. The molecule has 2 heteroatoms. The fraction of sp³-hybridized carbons (Fsp3) is 1.00. The summed E-state index contributed by atoms with van der Waals surface area (Å²) in [5, 5.41) is 3.53. The van der Waals surface area contributed by atoms with Crippen LogP contribution >= 0.6 is 0 Å². The zero-order chi connectivity index (χ0) is 12.7. The van der Waals surface area contributed by atoms with Crippen molar-refractivity contribution in [2.45, 2.75) is 58.9 Å². The van der Waals surface area contributed by atoms with Gasteiger partial charge in [-0.05, 0) is 57.4 Å². The molecule has 0 bridgehead atoms. The molecule has 0 aromatic carbocycles. The molecule has 1 saturated carbocycles. The molecule has 1 aliphatic carbocycles. The number of ether oxygens (including phenoxy) is 1. The predicted octanol–water partition coefficient (Wildman–Crippen LogP) is 3.46. The van der Waals surface area contributed by atoms with E-state index in [1.807, 2.05) is 0 Å². The highest BCUT2D eigenvalue weighted by atomic mass is 16.5. The largest absolute Gasteiger partial charge is 0.382 e. The summed E-state index contributed by atoms with van der Waals surface area (Å²) >= 11 is 0. The molecule has 4 atom stereocenters. The maximum absolute atomic E-state index is 5.43. The van der Waals surface area contributed by atoms with Crippen LogP contribution in [0.4, 0.5) is 0 Å². The molecule has 0 saturated heterocycles. The first-order valence-electron chi connectivity index (χ1n) is 7.44. The van der Waals surface area contributed by atoms with E-state index < -0.39 is 0 Å². The van der Waals surface area contributed by atoms with Crippen LogP contribution in [0.25, 0.3) is 0 Å². The maximum atomic E-state index is 5.43. The number of hydrogen-bond donors (Lipinski definition) is 1. The van der Waals surface area contributed by atoms with Gasteiger partial charge in [-0.15, -0.1) is 0 Å². The summed E-state index contributed by atoms with van der Waals surface area (Å²) in [6, 6.07) is 0.699. The van der Waals surface area contributed by atoms with Crippen LogP contribution in [0.5, 0.6) is 0 Å². The molecule has 1 fully saturated rings. The minimum absolute atomic E-state index is 0.699. The first kappa shape index (κ1) is 15.0.